The van der Waals surface area contributed by atoms with Gasteiger partial charge in [-0.25, -0.2) is 15.0 Å². The van der Waals surface area contributed by atoms with Gasteiger partial charge in [0.25, 0.3) is 0 Å². The number of fused-ring (bicyclic) bond motifs is 1. The lowest BCUT2D eigenvalue weighted by atomic mass is 9.97. The molecule has 1 saturated heterocycles. The number of para-hydroxylation sites is 1. The maximum absolute atomic E-state index is 5.88. The van der Waals surface area contributed by atoms with Gasteiger partial charge in [0.15, 0.2) is 0 Å². The monoisotopic (exact) mass is 334 g/mol. The lowest BCUT2D eigenvalue weighted by molar-refractivity contribution is 0.215. The molecule has 0 spiro atoms. The predicted octanol–water partition coefficient (Wildman–Crippen LogP) is 3.63. The van der Waals surface area contributed by atoms with Crippen molar-refractivity contribution in [1.82, 2.24) is 15.0 Å². The number of hydrogen-bond acceptors (Lipinski definition) is 5. The second-order valence-corrected chi connectivity index (χ2v) is 6.57. The Balaban J connectivity index is 1.38. The van der Waals surface area contributed by atoms with Crippen LogP contribution in [0.5, 0.6) is 5.88 Å². The fourth-order valence-electron chi connectivity index (χ4n) is 3.36. The highest BCUT2D eigenvalue weighted by atomic mass is 16.5. The Kier molecular flexibility index (Phi) is 4.46. The van der Waals surface area contributed by atoms with Gasteiger partial charge in [-0.3, -0.25) is 0 Å². The molecule has 5 heteroatoms. The van der Waals surface area contributed by atoms with Gasteiger partial charge < -0.3 is 9.64 Å². The summed E-state index contributed by atoms with van der Waals surface area (Å²) in [7, 11) is 0. The number of anilines is 1. The summed E-state index contributed by atoms with van der Waals surface area (Å²) in [5.41, 5.74) is 1.99. The van der Waals surface area contributed by atoms with Gasteiger partial charge in [0, 0.05) is 30.2 Å². The maximum atomic E-state index is 5.88. The number of piperidine rings is 1. The molecule has 0 unspecified atom stereocenters. The van der Waals surface area contributed by atoms with E-state index in [9.17, 15) is 0 Å². The number of aryl methyl sites for hydroxylation is 1. The van der Waals surface area contributed by atoms with Crippen LogP contribution in [0.4, 0.5) is 5.82 Å². The van der Waals surface area contributed by atoms with Crippen molar-refractivity contribution in [1.29, 1.82) is 0 Å². The van der Waals surface area contributed by atoms with E-state index >= 15 is 0 Å². The average molecular weight is 334 g/mol. The molecule has 1 fully saturated rings. The lowest BCUT2D eigenvalue weighted by Gasteiger charge is -2.33. The Hall–Kier alpha value is -2.69. The van der Waals surface area contributed by atoms with Crippen molar-refractivity contribution in [2.24, 2.45) is 5.92 Å². The van der Waals surface area contributed by atoms with Crippen LogP contribution in [0.25, 0.3) is 10.9 Å². The van der Waals surface area contributed by atoms with Crippen LogP contribution in [0, 0.1) is 12.8 Å². The van der Waals surface area contributed by atoms with E-state index < -0.39 is 0 Å². The Bertz CT molecular complexity index is 854. The summed E-state index contributed by atoms with van der Waals surface area (Å²) >= 11 is 0. The van der Waals surface area contributed by atoms with Crippen molar-refractivity contribution in [3.8, 4) is 5.88 Å². The molecule has 0 N–H and O–H groups in total. The highest BCUT2D eigenvalue weighted by molar-refractivity contribution is 5.89. The van der Waals surface area contributed by atoms with Gasteiger partial charge in [-0.15, -0.1) is 0 Å². The highest BCUT2D eigenvalue weighted by Gasteiger charge is 2.22. The van der Waals surface area contributed by atoms with Crippen LogP contribution in [0.1, 0.15) is 18.5 Å². The van der Waals surface area contributed by atoms with Crippen LogP contribution in [-0.2, 0) is 0 Å². The van der Waals surface area contributed by atoms with Gasteiger partial charge >= 0.3 is 0 Å². The number of ether oxygens (including phenoxy) is 1. The van der Waals surface area contributed by atoms with Crippen LogP contribution in [0.2, 0.25) is 0 Å². The molecule has 1 aliphatic heterocycles. The summed E-state index contributed by atoms with van der Waals surface area (Å²) in [6.07, 6.45) is 3.87. The third kappa shape index (κ3) is 3.55. The lowest BCUT2D eigenvalue weighted by Crippen LogP contribution is -2.36. The number of aromatic nitrogens is 3. The molecule has 2 aromatic heterocycles. The first-order valence-electron chi connectivity index (χ1n) is 8.81. The summed E-state index contributed by atoms with van der Waals surface area (Å²) < 4.78 is 5.88. The molecule has 128 valence electrons. The van der Waals surface area contributed by atoms with Crippen LogP contribution < -0.4 is 9.64 Å². The smallest absolute Gasteiger partial charge is 0.213 e. The van der Waals surface area contributed by atoms with E-state index in [1.165, 1.54) is 0 Å². The first-order valence-corrected chi connectivity index (χ1v) is 8.81. The summed E-state index contributed by atoms with van der Waals surface area (Å²) in [5, 5.41) is 1.13. The Morgan fingerprint density at radius 2 is 1.88 bits per heavy atom. The van der Waals surface area contributed by atoms with Crippen molar-refractivity contribution >= 4 is 16.7 Å². The number of hydrogen-bond donors (Lipinski definition) is 0. The molecule has 0 atom stereocenters. The van der Waals surface area contributed by atoms with E-state index in [1.54, 1.807) is 6.33 Å². The number of rotatable bonds is 4. The fraction of sp³-hybridized carbons (Fsp3) is 0.350. The zero-order valence-corrected chi connectivity index (χ0v) is 14.4. The molecule has 0 radical (unpaired) electrons. The van der Waals surface area contributed by atoms with E-state index in [1.807, 2.05) is 43.3 Å². The maximum Gasteiger partial charge on any atom is 0.213 e. The van der Waals surface area contributed by atoms with E-state index in [0.29, 0.717) is 5.92 Å². The van der Waals surface area contributed by atoms with Gasteiger partial charge in [-0.05, 0) is 43.9 Å². The SMILES string of the molecule is Cc1cccc(OCC2CCN(c3ncnc4ccccc34)CC2)n1. The Labute approximate surface area is 147 Å². The van der Waals surface area contributed by atoms with Crippen molar-refractivity contribution in [2.45, 2.75) is 19.8 Å². The quantitative estimate of drug-likeness (QED) is 0.729. The second kappa shape index (κ2) is 7.05. The molecule has 1 aromatic carbocycles. The van der Waals surface area contributed by atoms with Crippen LogP contribution in [0.3, 0.4) is 0 Å². The van der Waals surface area contributed by atoms with Crippen LogP contribution in [0.15, 0.2) is 48.8 Å². The molecule has 3 heterocycles. The largest absolute Gasteiger partial charge is 0.477 e. The second-order valence-electron chi connectivity index (χ2n) is 6.57. The van der Waals surface area contributed by atoms with Gasteiger partial charge in [0.1, 0.15) is 12.1 Å². The molecule has 25 heavy (non-hydrogen) atoms. The molecular weight excluding hydrogens is 312 g/mol. The molecule has 3 aromatic rings. The van der Waals surface area contributed by atoms with E-state index in [0.717, 1.165) is 60.8 Å². The summed E-state index contributed by atoms with van der Waals surface area (Å²) in [6.45, 7) is 4.71. The van der Waals surface area contributed by atoms with Gasteiger partial charge in [0.2, 0.25) is 5.88 Å². The topological polar surface area (TPSA) is 51.1 Å². The fourth-order valence-corrected chi connectivity index (χ4v) is 3.36. The normalized spacial score (nSPS) is 15.5. The van der Waals surface area contributed by atoms with Crippen molar-refractivity contribution in [2.75, 3.05) is 24.6 Å². The van der Waals surface area contributed by atoms with Crippen molar-refractivity contribution < 1.29 is 4.74 Å². The molecule has 0 bridgehead atoms. The molecule has 5 nitrogen and oxygen atoms in total. The first kappa shape index (κ1) is 15.8. The molecule has 1 aliphatic rings. The average Bonchev–Trinajstić information content (AvgIpc) is 2.66. The summed E-state index contributed by atoms with van der Waals surface area (Å²) in [6, 6.07) is 14.1. The van der Waals surface area contributed by atoms with Crippen molar-refractivity contribution in [3.05, 3.63) is 54.5 Å². The number of benzene rings is 1. The van der Waals surface area contributed by atoms with E-state index in [-0.39, 0.29) is 0 Å². The molecular formula is C20H22N4O. The standard InChI is InChI=1S/C20H22N4O/c1-15-5-4-8-19(23-15)25-13-16-9-11-24(12-10-16)20-17-6-2-3-7-18(17)21-14-22-20/h2-8,14,16H,9-13H2,1H3. The molecule has 0 aliphatic carbocycles. The summed E-state index contributed by atoms with van der Waals surface area (Å²) in [5.74, 6) is 2.33. The van der Waals surface area contributed by atoms with Crippen LogP contribution >= 0.6 is 0 Å². The van der Waals surface area contributed by atoms with Crippen molar-refractivity contribution in [3.63, 3.8) is 0 Å². The number of pyridine rings is 1. The van der Waals surface area contributed by atoms with Gasteiger partial charge in [-0.2, -0.15) is 0 Å². The zero-order chi connectivity index (χ0) is 17.1. The molecule has 4 rings (SSSR count). The summed E-state index contributed by atoms with van der Waals surface area (Å²) in [4.78, 5) is 15.7. The minimum absolute atomic E-state index is 0.562. The number of nitrogens with zero attached hydrogens (tertiary/aromatic N) is 4. The van der Waals surface area contributed by atoms with Gasteiger partial charge in [0.05, 0.1) is 12.1 Å². The highest BCUT2D eigenvalue weighted by Crippen LogP contribution is 2.27. The predicted molar refractivity (Wildman–Crippen MR) is 98.9 cm³/mol. The van der Waals surface area contributed by atoms with Crippen LogP contribution in [-0.4, -0.2) is 34.6 Å². The minimum atomic E-state index is 0.562. The third-order valence-electron chi connectivity index (χ3n) is 4.77. The van der Waals surface area contributed by atoms with Gasteiger partial charge in [-0.1, -0.05) is 18.2 Å². The molecule has 0 saturated carbocycles. The third-order valence-corrected chi connectivity index (χ3v) is 4.77. The Morgan fingerprint density at radius 3 is 2.72 bits per heavy atom. The minimum Gasteiger partial charge on any atom is -0.477 e. The Morgan fingerprint density at radius 1 is 1.04 bits per heavy atom. The first-order chi connectivity index (χ1) is 12.3. The molecule has 0 amide bonds. The zero-order valence-electron chi connectivity index (χ0n) is 14.4. The van der Waals surface area contributed by atoms with E-state index in [4.69, 9.17) is 4.74 Å². The van der Waals surface area contributed by atoms with E-state index in [2.05, 4.69) is 25.9 Å².